The zero-order chi connectivity index (χ0) is 19.8. The van der Waals surface area contributed by atoms with E-state index in [9.17, 15) is 24.8 Å². The first kappa shape index (κ1) is 19.3. The minimum absolute atomic E-state index is 0.269. The number of hydrogen-bond donors (Lipinski definition) is 4. The molecule has 2 aromatic carbocycles. The summed E-state index contributed by atoms with van der Waals surface area (Å²) in [4.78, 5) is 33.0. The number of amides is 2. The first-order chi connectivity index (χ1) is 12.9. The summed E-state index contributed by atoms with van der Waals surface area (Å²) in [6, 6.07) is 9.92. The fraction of sp³-hybridized carbons (Fsp3) is 0. The summed E-state index contributed by atoms with van der Waals surface area (Å²) < 4.78 is 0. The normalized spacial score (nSPS) is 10.9. The molecule has 0 bridgehead atoms. The summed E-state index contributed by atoms with van der Waals surface area (Å²) in [6.07, 6.45) is 3.72. The van der Waals surface area contributed by atoms with E-state index in [4.69, 9.17) is 5.21 Å². The Kier molecular flexibility index (Phi) is 6.34. The van der Waals surface area contributed by atoms with E-state index in [1.165, 1.54) is 36.0 Å². The molecule has 0 aliphatic rings. The number of benzene rings is 2. The summed E-state index contributed by atoms with van der Waals surface area (Å²) >= 11 is 0. The second-order valence-corrected chi connectivity index (χ2v) is 5.14. The third-order valence-corrected chi connectivity index (χ3v) is 3.26. The van der Waals surface area contributed by atoms with E-state index >= 15 is 0 Å². The number of hydrogen-bond acceptors (Lipinski definition) is 7. The Hall–Kier alpha value is -4.05. The lowest BCUT2D eigenvalue weighted by molar-refractivity contribution is -0.385. The van der Waals surface area contributed by atoms with Crippen LogP contribution in [0.1, 0.15) is 21.5 Å². The molecule has 0 spiro atoms. The van der Waals surface area contributed by atoms with Gasteiger partial charge in [0, 0.05) is 17.7 Å². The Morgan fingerprint density at radius 3 is 2.59 bits per heavy atom. The van der Waals surface area contributed by atoms with Crippen molar-refractivity contribution in [1.82, 2.24) is 10.9 Å². The second kappa shape index (κ2) is 8.87. The number of rotatable bonds is 6. The first-order valence-corrected chi connectivity index (χ1v) is 7.43. The molecule has 0 aliphatic heterocycles. The van der Waals surface area contributed by atoms with Crippen LogP contribution in [0.3, 0.4) is 0 Å². The molecule has 0 saturated heterocycles. The number of nitrogens with one attached hydrogen (secondary N) is 2. The van der Waals surface area contributed by atoms with Gasteiger partial charge < -0.3 is 5.11 Å². The maximum Gasteiger partial charge on any atom is 0.310 e. The first-order valence-electron chi connectivity index (χ1n) is 7.43. The third kappa shape index (κ3) is 5.47. The Balaban J connectivity index is 2.04. The molecule has 4 N–H and O–H groups in total. The molecular formula is C17H14N4O6. The molecule has 138 valence electrons. The molecule has 2 amide bonds. The van der Waals surface area contributed by atoms with Gasteiger partial charge in [0.15, 0.2) is 5.75 Å². The van der Waals surface area contributed by atoms with E-state index in [0.717, 1.165) is 18.2 Å². The highest BCUT2D eigenvalue weighted by molar-refractivity contribution is 5.96. The predicted molar refractivity (Wildman–Crippen MR) is 95.2 cm³/mol. The number of nitro groups is 1. The van der Waals surface area contributed by atoms with Gasteiger partial charge in [-0.15, -0.1) is 0 Å². The van der Waals surface area contributed by atoms with Crippen LogP contribution < -0.4 is 10.9 Å². The lowest BCUT2D eigenvalue weighted by Gasteiger charge is -2.02. The Morgan fingerprint density at radius 1 is 1.15 bits per heavy atom. The summed E-state index contributed by atoms with van der Waals surface area (Å²) in [5.41, 5.74) is 4.47. The minimum atomic E-state index is -0.719. The number of hydrazone groups is 1. The molecule has 2 rings (SSSR count). The molecule has 0 aromatic heterocycles. The minimum Gasteiger partial charge on any atom is -0.502 e. The fourth-order valence-electron chi connectivity index (χ4n) is 2.00. The lowest BCUT2D eigenvalue weighted by Crippen LogP contribution is -2.17. The number of carbonyl (C=O) groups excluding carboxylic acids is 2. The number of phenols is 1. The molecular weight excluding hydrogens is 356 g/mol. The molecule has 10 nitrogen and oxygen atoms in total. The topological polar surface area (TPSA) is 154 Å². The lowest BCUT2D eigenvalue weighted by atomic mass is 10.1. The monoisotopic (exact) mass is 370 g/mol. The smallest absolute Gasteiger partial charge is 0.310 e. The van der Waals surface area contributed by atoms with Gasteiger partial charge in [-0.25, -0.2) is 10.9 Å². The summed E-state index contributed by atoms with van der Waals surface area (Å²) in [5.74, 6) is -1.75. The number of aromatic hydroxyl groups is 1. The molecule has 0 heterocycles. The standard InChI is InChI=1S/C17H14N4O6/c22-15-9-12(4-6-14(15)21(26)27)10-18-19-17(24)13-3-1-2-11(8-13)5-7-16(23)20-25/h1-10,22,25H,(H,19,24)(H,20,23)/b7-5+,18-10+. The van der Waals surface area contributed by atoms with Crippen molar-refractivity contribution in [2.75, 3.05) is 0 Å². The molecule has 0 atom stereocenters. The van der Waals surface area contributed by atoms with Crippen LogP contribution >= 0.6 is 0 Å². The van der Waals surface area contributed by atoms with Crippen molar-refractivity contribution in [3.05, 3.63) is 75.3 Å². The maximum absolute atomic E-state index is 12.1. The Bertz CT molecular complexity index is 939. The zero-order valence-corrected chi connectivity index (χ0v) is 13.7. The van der Waals surface area contributed by atoms with Gasteiger partial charge in [0.05, 0.1) is 11.1 Å². The van der Waals surface area contributed by atoms with Crippen LogP contribution in [-0.2, 0) is 4.79 Å². The maximum atomic E-state index is 12.1. The van der Waals surface area contributed by atoms with E-state index < -0.39 is 28.2 Å². The van der Waals surface area contributed by atoms with E-state index in [-0.39, 0.29) is 5.56 Å². The summed E-state index contributed by atoms with van der Waals surface area (Å²) in [5, 5.41) is 32.3. The Morgan fingerprint density at radius 2 is 1.93 bits per heavy atom. The van der Waals surface area contributed by atoms with Gasteiger partial charge >= 0.3 is 5.69 Å². The van der Waals surface area contributed by atoms with Crippen molar-refractivity contribution < 1.29 is 24.8 Å². The van der Waals surface area contributed by atoms with E-state index in [1.807, 2.05) is 0 Å². The van der Waals surface area contributed by atoms with Crippen LogP contribution in [0.2, 0.25) is 0 Å². The molecule has 0 unspecified atom stereocenters. The number of nitro benzene ring substituents is 1. The van der Waals surface area contributed by atoms with Crippen LogP contribution in [0.25, 0.3) is 6.08 Å². The highest BCUT2D eigenvalue weighted by Gasteiger charge is 2.12. The van der Waals surface area contributed by atoms with Gasteiger partial charge in [-0.05, 0) is 41.5 Å². The van der Waals surface area contributed by atoms with Crippen LogP contribution in [0.4, 0.5) is 5.69 Å². The number of hydroxylamine groups is 1. The zero-order valence-electron chi connectivity index (χ0n) is 13.7. The number of carbonyl (C=O) groups is 2. The van der Waals surface area contributed by atoms with Crippen molar-refractivity contribution in [2.24, 2.45) is 5.10 Å². The number of nitrogens with zero attached hydrogens (tertiary/aromatic N) is 2. The molecule has 0 saturated carbocycles. The average Bonchev–Trinajstić information content (AvgIpc) is 2.66. The number of phenolic OH excluding ortho intramolecular Hbond substituents is 1. The molecule has 10 heteroatoms. The second-order valence-electron chi connectivity index (χ2n) is 5.14. The van der Waals surface area contributed by atoms with Gasteiger partial charge in [-0.3, -0.25) is 24.9 Å². The largest absolute Gasteiger partial charge is 0.502 e. The Labute approximate surface area is 152 Å². The van der Waals surface area contributed by atoms with Crippen LogP contribution in [0.5, 0.6) is 5.75 Å². The highest BCUT2D eigenvalue weighted by Crippen LogP contribution is 2.25. The van der Waals surface area contributed by atoms with E-state index in [1.54, 1.807) is 12.1 Å². The average molecular weight is 370 g/mol. The highest BCUT2D eigenvalue weighted by atomic mass is 16.6. The van der Waals surface area contributed by atoms with E-state index in [2.05, 4.69) is 10.5 Å². The predicted octanol–water partition coefficient (Wildman–Crippen LogP) is 1.58. The third-order valence-electron chi connectivity index (χ3n) is 3.26. The quantitative estimate of drug-likeness (QED) is 0.199. The molecule has 0 fully saturated rings. The van der Waals surface area contributed by atoms with Crippen molar-refractivity contribution in [3.63, 3.8) is 0 Å². The summed E-state index contributed by atoms with van der Waals surface area (Å²) in [7, 11) is 0. The van der Waals surface area contributed by atoms with Crippen molar-refractivity contribution in [3.8, 4) is 5.75 Å². The van der Waals surface area contributed by atoms with Crippen LogP contribution in [0.15, 0.2) is 53.6 Å². The van der Waals surface area contributed by atoms with Crippen molar-refractivity contribution >= 4 is 29.8 Å². The molecule has 2 aromatic rings. The fourth-order valence-corrected chi connectivity index (χ4v) is 2.00. The molecule has 27 heavy (non-hydrogen) atoms. The molecule has 0 aliphatic carbocycles. The molecule has 0 radical (unpaired) electrons. The SMILES string of the molecule is O=C(/C=C/c1cccc(C(=O)N/N=C/c2ccc([N+](=O)[O-])c(O)c2)c1)NO. The van der Waals surface area contributed by atoms with Gasteiger partial charge in [0.1, 0.15) is 0 Å². The van der Waals surface area contributed by atoms with Crippen LogP contribution in [0, 0.1) is 10.1 Å². The van der Waals surface area contributed by atoms with Crippen LogP contribution in [-0.4, -0.2) is 33.3 Å². The van der Waals surface area contributed by atoms with Gasteiger partial charge in [-0.1, -0.05) is 12.1 Å². The van der Waals surface area contributed by atoms with Crippen molar-refractivity contribution in [1.29, 1.82) is 0 Å². The summed E-state index contributed by atoms with van der Waals surface area (Å²) in [6.45, 7) is 0. The van der Waals surface area contributed by atoms with Gasteiger partial charge in [0.25, 0.3) is 11.8 Å². The van der Waals surface area contributed by atoms with Gasteiger partial charge in [-0.2, -0.15) is 5.10 Å². The van der Waals surface area contributed by atoms with Gasteiger partial charge in [0.2, 0.25) is 0 Å². The van der Waals surface area contributed by atoms with Crippen molar-refractivity contribution in [2.45, 2.75) is 0 Å². The van der Waals surface area contributed by atoms with E-state index in [0.29, 0.717) is 11.1 Å².